The van der Waals surface area contributed by atoms with Gasteiger partial charge in [-0.15, -0.1) is 0 Å². The van der Waals surface area contributed by atoms with Crippen LogP contribution in [0.2, 0.25) is 0 Å². The van der Waals surface area contributed by atoms with Crippen LogP contribution >= 0.6 is 0 Å². The fourth-order valence-corrected chi connectivity index (χ4v) is 2.43. The Hall–Kier alpha value is -1.07. The Balaban J connectivity index is 2.54. The average molecular weight is 285 g/mol. The van der Waals surface area contributed by atoms with Crippen LogP contribution in [0.15, 0.2) is 24.3 Å². The van der Waals surface area contributed by atoms with Crippen molar-refractivity contribution in [3.63, 3.8) is 0 Å². The first kappa shape index (κ1) is 16.0. The minimum absolute atomic E-state index is 0.0438. The van der Waals surface area contributed by atoms with E-state index < -0.39 is 9.84 Å². The normalized spacial score (nSPS) is 13.5. The predicted octanol–water partition coefficient (Wildman–Crippen LogP) is 1.78. The van der Waals surface area contributed by atoms with Gasteiger partial charge in [-0.3, -0.25) is 0 Å². The molecule has 0 aliphatic carbocycles. The zero-order valence-corrected chi connectivity index (χ0v) is 12.6. The van der Waals surface area contributed by atoms with E-state index in [9.17, 15) is 8.42 Å². The Labute approximate surface area is 115 Å². The molecule has 19 heavy (non-hydrogen) atoms. The van der Waals surface area contributed by atoms with Crippen LogP contribution in [0.1, 0.15) is 26.3 Å². The van der Waals surface area contributed by atoms with Crippen LogP contribution < -0.4 is 10.5 Å². The summed E-state index contributed by atoms with van der Waals surface area (Å²) in [6, 6.07) is 7.71. The fourth-order valence-electron chi connectivity index (χ4n) is 1.65. The highest BCUT2D eigenvalue weighted by Gasteiger charge is 2.15. The largest absolute Gasteiger partial charge is 0.493 e. The van der Waals surface area contributed by atoms with E-state index in [1.54, 1.807) is 13.8 Å². The Kier molecular flexibility index (Phi) is 5.82. The van der Waals surface area contributed by atoms with Crippen molar-refractivity contribution in [2.45, 2.75) is 38.5 Å². The van der Waals surface area contributed by atoms with Gasteiger partial charge in [0.15, 0.2) is 9.84 Å². The van der Waals surface area contributed by atoms with Crippen LogP contribution in [0.5, 0.6) is 5.75 Å². The summed E-state index contributed by atoms with van der Waals surface area (Å²) in [7, 11) is -3.04. The zero-order chi connectivity index (χ0) is 14.5. The molecule has 5 heteroatoms. The number of hydrogen-bond acceptors (Lipinski definition) is 4. The number of ether oxygens (including phenoxy) is 1. The molecule has 0 spiro atoms. The monoisotopic (exact) mass is 285 g/mol. The first-order valence-corrected chi connectivity index (χ1v) is 8.21. The molecular formula is C14H23NO3S. The Morgan fingerprint density at radius 3 is 2.53 bits per heavy atom. The lowest BCUT2D eigenvalue weighted by Gasteiger charge is -2.11. The fraction of sp³-hybridized carbons (Fsp3) is 0.571. The van der Waals surface area contributed by atoms with E-state index in [0.717, 1.165) is 12.0 Å². The summed E-state index contributed by atoms with van der Waals surface area (Å²) in [5.74, 6) is 0.736. The quantitative estimate of drug-likeness (QED) is 0.829. The van der Waals surface area contributed by atoms with Crippen molar-refractivity contribution in [1.29, 1.82) is 0 Å². The molecule has 0 amide bonds. The van der Waals surface area contributed by atoms with Crippen molar-refractivity contribution in [2.75, 3.05) is 12.4 Å². The number of rotatable bonds is 7. The second kappa shape index (κ2) is 6.91. The summed E-state index contributed by atoms with van der Waals surface area (Å²) < 4.78 is 28.8. The molecule has 1 aromatic carbocycles. The molecule has 0 bridgehead atoms. The number of hydrogen-bond donors (Lipinski definition) is 1. The molecule has 1 atom stereocenters. The Bertz CT molecular complexity index is 495. The minimum Gasteiger partial charge on any atom is -0.493 e. The Morgan fingerprint density at radius 2 is 1.95 bits per heavy atom. The highest BCUT2D eigenvalue weighted by molar-refractivity contribution is 7.91. The van der Waals surface area contributed by atoms with Crippen molar-refractivity contribution in [1.82, 2.24) is 0 Å². The molecule has 0 aliphatic rings. The van der Waals surface area contributed by atoms with Gasteiger partial charge < -0.3 is 10.5 Å². The van der Waals surface area contributed by atoms with Crippen LogP contribution in [-0.2, 0) is 16.3 Å². The maximum absolute atomic E-state index is 11.6. The van der Waals surface area contributed by atoms with E-state index >= 15 is 0 Å². The molecule has 0 fully saturated rings. The standard InChI is InChI=1S/C14H23NO3S/c1-11(2)19(16,17)8-7-18-14-6-4-5-13(10-14)9-12(3)15/h4-6,10-12H,7-9,15H2,1-3H3. The number of benzene rings is 1. The first-order chi connectivity index (χ1) is 8.81. The summed E-state index contributed by atoms with van der Waals surface area (Å²) >= 11 is 0. The maximum Gasteiger partial charge on any atom is 0.155 e. The molecule has 0 aromatic heterocycles. The van der Waals surface area contributed by atoms with Crippen molar-refractivity contribution in [3.8, 4) is 5.75 Å². The van der Waals surface area contributed by atoms with Crippen LogP contribution in [0.4, 0.5) is 0 Å². The van der Waals surface area contributed by atoms with Crippen LogP contribution in [0.3, 0.4) is 0 Å². The lowest BCUT2D eigenvalue weighted by molar-refractivity contribution is 0.340. The molecule has 0 radical (unpaired) electrons. The molecule has 4 nitrogen and oxygen atoms in total. The third-order valence-electron chi connectivity index (χ3n) is 2.81. The highest BCUT2D eigenvalue weighted by Crippen LogP contribution is 2.14. The van der Waals surface area contributed by atoms with Gasteiger partial charge in [0, 0.05) is 6.04 Å². The summed E-state index contributed by atoms with van der Waals surface area (Å²) in [6.07, 6.45) is 0.779. The molecule has 1 aromatic rings. The smallest absolute Gasteiger partial charge is 0.155 e. The van der Waals surface area contributed by atoms with Crippen molar-refractivity contribution in [3.05, 3.63) is 29.8 Å². The summed E-state index contributed by atoms with van der Waals surface area (Å²) in [5, 5.41) is -0.361. The van der Waals surface area contributed by atoms with Gasteiger partial charge in [-0.05, 0) is 44.9 Å². The first-order valence-electron chi connectivity index (χ1n) is 6.50. The summed E-state index contributed by atoms with van der Waals surface area (Å²) in [4.78, 5) is 0. The van der Waals surface area contributed by atoms with Crippen molar-refractivity contribution >= 4 is 9.84 Å². The van der Waals surface area contributed by atoms with Gasteiger partial charge >= 0.3 is 0 Å². The van der Waals surface area contributed by atoms with Crippen LogP contribution in [0, 0.1) is 0 Å². The van der Waals surface area contributed by atoms with Crippen LogP contribution in [-0.4, -0.2) is 32.1 Å². The SMILES string of the molecule is CC(N)Cc1cccc(OCCS(=O)(=O)C(C)C)c1. The van der Waals surface area contributed by atoms with Gasteiger partial charge in [0.25, 0.3) is 0 Å². The molecule has 108 valence electrons. The highest BCUT2D eigenvalue weighted by atomic mass is 32.2. The Morgan fingerprint density at radius 1 is 1.26 bits per heavy atom. The van der Waals surface area contributed by atoms with E-state index in [2.05, 4.69) is 0 Å². The molecule has 1 unspecified atom stereocenters. The van der Waals surface area contributed by atoms with Gasteiger partial charge in [0.1, 0.15) is 12.4 Å². The molecular weight excluding hydrogens is 262 g/mol. The second-order valence-corrected chi connectivity index (χ2v) is 7.77. The van der Waals surface area contributed by atoms with E-state index in [1.165, 1.54) is 0 Å². The zero-order valence-electron chi connectivity index (χ0n) is 11.8. The number of nitrogens with two attached hydrogens (primary N) is 1. The van der Waals surface area contributed by atoms with E-state index in [4.69, 9.17) is 10.5 Å². The summed E-state index contributed by atoms with van der Waals surface area (Å²) in [5.41, 5.74) is 6.84. The van der Waals surface area contributed by atoms with Gasteiger partial charge in [0.2, 0.25) is 0 Å². The van der Waals surface area contributed by atoms with Gasteiger partial charge in [0.05, 0.1) is 11.0 Å². The minimum atomic E-state index is -3.04. The third-order valence-corrected chi connectivity index (χ3v) is 4.98. The maximum atomic E-state index is 11.6. The van der Waals surface area contributed by atoms with Gasteiger partial charge in [-0.25, -0.2) is 8.42 Å². The average Bonchev–Trinajstić information content (AvgIpc) is 2.28. The third kappa shape index (κ3) is 5.61. The topological polar surface area (TPSA) is 69.4 Å². The van der Waals surface area contributed by atoms with E-state index in [-0.39, 0.29) is 23.7 Å². The van der Waals surface area contributed by atoms with Crippen molar-refractivity contribution in [2.24, 2.45) is 5.73 Å². The molecule has 0 saturated heterocycles. The predicted molar refractivity (Wildman–Crippen MR) is 78.2 cm³/mol. The number of sulfone groups is 1. The molecule has 1 rings (SSSR count). The van der Waals surface area contributed by atoms with E-state index in [1.807, 2.05) is 31.2 Å². The van der Waals surface area contributed by atoms with Gasteiger partial charge in [-0.1, -0.05) is 12.1 Å². The lowest BCUT2D eigenvalue weighted by Crippen LogP contribution is -2.22. The van der Waals surface area contributed by atoms with E-state index in [0.29, 0.717) is 5.75 Å². The molecule has 0 aliphatic heterocycles. The van der Waals surface area contributed by atoms with Crippen molar-refractivity contribution < 1.29 is 13.2 Å². The molecule has 0 saturated carbocycles. The lowest BCUT2D eigenvalue weighted by atomic mass is 10.1. The van der Waals surface area contributed by atoms with Gasteiger partial charge in [-0.2, -0.15) is 0 Å². The van der Waals surface area contributed by atoms with Crippen LogP contribution in [0.25, 0.3) is 0 Å². The second-order valence-electron chi connectivity index (χ2n) is 5.09. The molecule has 2 N–H and O–H groups in total. The summed E-state index contributed by atoms with van der Waals surface area (Å²) in [6.45, 7) is 5.49. The molecule has 0 heterocycles.